The molecule has 1 aromatic rings. The van der Waals surface area contributed by atoms with Crippen LogP contribution in [0.25, 0.3) is 0 Å². The molecule has 1 aromatic carbocycles. The lowest BCUT2D eigenvalue weighted by molar-refractivity contribution is -0.864. The molecule has 1 heterocycles. The van der Waals surface area contributed by atoms with E-state index in [0.29, 0.717) is 18.2 Å². The molecule has 0 amide bonds. The summed E-state index contributed by atoms with van der Waals surface area (Å²) in [5, 5.41) is 11.4. The van der Waals surface area contributed by atoms with Crippen molar-refractivity contribution in [2.45, 2.75) is 13.0 Å². The smallest absolute Gasteiger partial charge is 0.103 e. The molecule has 0 bridgehead atoms. The van der Waals surface area contributed by atoms with Gasteiger partial charge in [-0.3, -0.25) is 0 Å². The number of hydroxylamine groups is 2. The van der Waals surface area contributed by atoms with Crippen molar-refractivity contribution in [1.29, 1.82) is 0 Å². The summed E-state index contributed by atoms with van der Waals surface area (Å²) in [6.45, 7) is 1.34. The Morgan fingerprint density at radius 3 is 3.27 bits per heavy atom. The Bertz CT molecular complexity index is 259. The topological polar surface area (TPSA) is 27.5 Å². The third kappa shape index (κ3) is 1.27. The van der Waals surface area contributed by atoms with Crippen molar-refractivity contribution in [2.24, 2.45) is 0 Å². The first-order valence-electron chi connectivity index (χ1n) is 3.86. The monoisotopic (exact) mass is 148 g/mol. The van der Waals surface area contributed by atoms with E-state index < -0.39 is 0 Å². The van der Waals surface area contributed by atoms with Crippen LogP contribution in [-0.4, -0.2) is 6.54 Å². The summed E-state index contributed by atoms with van der Waals surface area (Å²) in [5.74, 6) is 0. The maximum Gasteiger partial charge on any atom is 0.103 e. The average molecular weight is 148 g/mol. The van der Waals surface area contributed by atoms with E-state index in [4.69, 9.17) is 0 Å². The van der Waals surface area contributed by atoms with Crippen molar-refractivity contribution in [3.05, 3.63) is 40.6 Å². The van der Waals surface area contributed by atoms with Gasteiger partial charge in [0.15, 0.2) is 0 Å². The molecule has 1 atom stereocenters. The van der Waals surface area contributed by atoms with Crippen LogP contribution in [0.3, 0.4) is 0 Å². The minimum absolute atomic E-state index is 0.365. The quantitative estimate of drug-likeness (QED) is 0.512. The third-order valence-corrected chi connectivity index (χ3v) is 2.11. The molecule has 0 aliphatic carbocycles. The van der Waals surface area contributed by atoms with Gasteiger partial charge in [-0.05, 0) is 11.6 Å². The molecule has 1 unspecified atom stereocenters. The fourth-order valence-corrected chi connectivity index (χ4v) is 1.48. The van der Waals surface area contributed by atoms with E-state index in [2.05, 4.69) is 6.07 Å². The van der Waals surface area contributed by atoms with Crippen LogP contribution in [0.5, 0.6) is 0 Å². The Hall–Kier alpha value is -0.860. The average Bonchev–Trinajstić information content (AvgIpc) is 2.04. The molecule has 57 valence electrons. The number of hydrogen-bond donors (Lipinski definition) is 1. The molecule has 0 saturated carbocycles. The fourth-order valence-electron chi connectivity index (χ4n) is 1.48. The maximum atomic E-state index is 11.0. The lowest BCUT2D eigenvalue weighted by Gasteiger charge is -2.27. The van der Waals surface area contributed by atoms with Gasteiger partial charge in [0.05, 0.1) is 6.54 Å². The van der Waals surface area contributed by atoms with Gasteiger partial charge >= 0.3 is 0 Å². The summed E-state index contributed by atoms with van der Waals surface area (Å²) in [4.78, 5) is 0. The number of nitrogens with one attached hydrogen (secondary N) is 1. The van der Waals surface area contributed by atoms with E-state index in [1.54, 1.807) is 0 Å². The van der Waals surface area contributed by atoms with Crippen LogP contribution in [0.2, 0.25) is 0 Å². The van der Waals surface area contributed by atoms with Gasteiger partial charge in [0.1, 0.15) is 6.54 Å². The molecule has 0 saturated heterocycles. The fraction of sp³-hybridized carbons (Fsp3) is 0.333. The van der Waals surface area contributed by atoms with Crippen LogP contribution in [0.15, 0.2) is 18.2 Å². The molecular weight excluding hydrogens is 138 g/mol. The molecule has 1 N–H and O–H groups in total. The van der Waals surface area contributed by atoms with Gasteiger partial charge in [0.2, 0.25) is 0 Å². The van der Waals surface area contributed by atoms with Crippen LogP contribution < -0.4 is 5.06 Å². The summed E-state index contributed by atoms with van der Waals surface area (Å²) in [7, 11) is 0. The Morgan fingerprint density at radius 1 is 1.45 bits per heavy atom. The maximum absolute atomic E-state index is 11.0. The van der Waals surface area contributed by atoms with Crippen molar-refractivity contribution in [3.8, 4) is 0 Å². The van der Waals surface area contributed by atoms with Gasteiger partial charge in [-0.25, -0.2) is 0 Å². The Morgan fingerprint density at radius 2 is 2.36 bits per heavy atom. The van der Waals surface area contributed by atoms with E-state index in [-0.39, 0.29) is 0 Å². The minimum Gasteiger partial charge on any atom is -0.634 e. The van der Waals surface area contributed by atoms with Crippen LogP contribution >= 0.6 is 0 Å². The highest BCUT2D eigenvalue weighted by Crippen LogP contribution is 2.09. The molecule has 0 spiro atoms. The number of benzene rings is 1. The molecule has 2 rings (SSSR count). The van der Waals surface area contributed by atoms with Gasteiger partial charge in [0, 0.05) is 12.0 Å². The standard InChI is InChI=1S/C9H10NO/c11-10-6-5-8-3-1-2-4-9(8)7-10/h2-4,10H,5-7H2. The zero-order valence-corrected chi connectivity index (χ0v) is 6.26. The predicted octanol–water partition coefficient (Wildman–Crippen LogP) is -0.0744. The molecule has 1 aliphatic rings. The largest absolute Gasteiger partial charge is 0.634 e. The zero-order valence-electron chi connectivity index (χ0n) is 6.26. The second-order valence-electron chi connectivity index (χ2n) is 2.91. The van der Waals surface area contributed by atoms with Crippen molar-refractivity contribution in [3.63, 3.8) is 0 Å². The predicted molar refractivity (Wildman–Crippen MR) is 41.9 cm³/mol. The van der Waals surface area contributed by atoms with Crippen LogP contribution in [0, 0.1) is 11.3 Å². The third-order valence-electron chi connectivity index (χ3n) is 2.11. The molecule has 2 nitrogen and oxygen atoms in total. The summed E-state index contributed by atoms with van der Waals surface area (Å²) in [6.07, 6.45) is 0.908. The summed E-state index contributed by atoms with van der Waals surface area (Å²) < 4.78 is 0. The second kappa shape index (κ2) is 2.64. The van der Waals surface area contributed by atoms with Crippen molar-refractivity contribution < 1.29 is 5.06 Å². The lowest BCUT2D eigenvalue weighted by Crippen LogP contribution is -3.06. The zero-order chi connectivity index (χ0) is 7.68. The van der Waals surface area contributed by atoms with Crippen molar-refractivity contribution >= 4 is 0 Å². The highest BCUT2D eigenvalue weighted by molar-refractivity contribution is 5.26. The van der Waals surface area contributed by atoms with Gasteiger partial charge in [-0.1, -0.05) is 18.2 Å². The second-order valence-corrected chi connectivity index (χ2v) is 2.91. The Kier molecular flexibility index (Phi) is 1.64. The first kappa shape index (κ1) is 6.83. The van der Waals surface area contributed by atoms with E-state index >= 15 is 0 Å². The minimum atomic E-state index is 0.365. The highest BCUT2D eigenvalue weighted by Gasteiger charge is 2.11. The molecule has 0 fully saturated rings. The van der Waals surface area contributed by atoms with Gasteiger partial charge in [-0.15, -0.1) is 0 Å². The first-order valence-corrected chi connectivity index (χ1v) is 3.86. The summed E-state index contributed by atoms with van der Waals surface area (Å²) in [5.41, 5.74) is 2.49. The molecule has 0 aromatic heterocycles. The molecule has 11 heavy (non-hydrogen) atoms. The van der Waals surface area contributed by atoms with Crippen molar-refractivity contribution in [1.82, 2.24) is 0 Å². The number of hydrogen-bond acceptors (Lipinski definition) is 1. The van der Waals surface area contributed by atoms with E-state index in [1.165, 1.54) is 11.1 Å². The normalized spacial score (nSPS) is 22.8. The summed E-state index contributed by atoms with van der Waals surface area (Å²) in [6, 6.07) is 8.88. The van der Waals surface area contributed by atoms with Gasteiger partial charge < -0.3 is 10.3 Å². The molecular formula is C9H10NO. The SMILES string of the molecule is [O-][NH+]1CCc2c[c]ccc2C1. The van der Waals surface area contributed by atoms with Crippen molar-refractivity contribution in [2.75, 3.05) is 6.54 Å². The van der Waals surface area contributed by atoms with Crippen LogP contribution in [0.1, 0.15) is 11.1 Å². The first-order chi connectivity index (χ1) is 5.36. The van der Waals surface area contributed by atoms with E-state index in [1.807, 2.05) is 18.2 Å². The molecule has 1 aliphatic heterocycles. The van der Waals surface area contributed by atoms with Crippen LogP contribution in [-0.2, 0) is 13.0 Å². The Labute approximate surface area is 66.0 Å². The van der Waals surface area contributed by atoms with E-state index in [9.17, 15) is 5.21 Å². The van der Waals surface area contributed by atoms with Crippen LogP contribution in [0.4, 0.5) is 0 Å². The highest BCUT2D eigenvalue weighted by atomic mass is 16.5. The Balaban J connectivity index is 2.34. The molecule has 1 radical (unpaired) electrons. The number of fused-ring (bicyclic) bond motifs is 1. The van der Waals surface area contributed by atoms with E-state index in [0.717, 1.165) is 6.42 Å². The van der Waals surface area contributed by atoms with Gasteiger partial charge in [0.25, 0.3) is 0 Å². The van der Waals surface area contributed by atoms with Gasteiger partial charge in [-0.2, -0.15) is 0 Å². The lowest BCUT2D eigenvalue weighted by atomic mass is 10.0. The number of quaternary nitrogens is 1. The number of rotatable bonds is 0. The summed E-state index contributed by atoms with van der Waals surface area (Å²) >= 11 is 0. The molecule has 2 heteroatoms.